The van der Waals surface area contributed by atoms with Crippen LogP contribution in [0.2, 0.25) is 0 Å². The number of nitrogens with one attached hydrogen (secondary N) is 1. The third-order valence-corrected chi connectivity index (χ3v) is 2.98. The lowest BCUT2D eigenvalue weighted by Crippen LogP contribution is -2.16. The number of nitriles is 1. The van der Waals surface area contributed by atoms with Crippen LogP contribution < -0.4 is 10.9 Å². The van der Waals surface area contributed by atoms with Crippen molar-refractivity contribution in [3.05, 3.63) is 64.1 Å². The first-order valence-electron chi connectivity index (χ1n) is 6.03. The minimum Gasteiger partial charge on any atom is -0.377 e. The van der Waals surface area contributed by atoms with E-state index in [1.165, 1.54) is 10.6 Å². The average molecular weight is 253 g/mol. The number of anilines is 1. The predicted octanol–water partition coefficient (Wildman–Crippen LogP) is 2.43. The molecule has 0 aliphatic heterocycles. The van der Waals surface area contributed by atoms with Crippen molar-refractivity contribution in [3.8, 4) is 6.07 Å². The lowest BCUT2D eigenvalue weighted by molar-refractivity contribution is 0.840. The largest absolute Gasteiger partial charge is 0.377 e. The van der Waals surface area contributed by atoms with Crippen LogP contribution in [0.4, 0.5) is 5.69 Å². The molecule has 4 heteroatoms. The molecule has 1 aromatic carbocycles. The Balaban J connectivity index is 2.20. The van der Waals surface area contributed by atoms with Crippen molar-refractivity contribution in [2.75, 3.05) is 5.32 Å². The first kappa shape index (κ1) is 12.9. The minimum atomic E-state index is -0.0373. The van der Waals surface area contributed by atoms with Crippen LogP contribution >= 0.6 is 0 Å². The van der Waals surface area contributed by atoms with Gasteiger partial charge < -0.3 is 9.88 Å². The fraction of sp³-hybridized carbons (Fsp3) is 0.200. The van der Waals surface area contributed by atoms with E-state index in [0.29, 0.717) is 5.56 Å². The maximum absolute atomic E-state index is 11.3. The van der Waals surface area contributed by atoms with Gasteiger partial charge in [-0.3, -0.25) is 4.79 Å². The quantitative estimate of drug-likeness (QED) is 0.914. The summed E-state index contributed by atoms with van der Waals surface area (Å²) in [4.78, 5) is 11.3. The van der Waals surface area contributed by atoms with Gasteiger partial charge in [0.2, 0.25) is 5.56 Å². The summed E-state index contributed by atoms with van der Waals surface area (Å²) >= 11 is 0. The van der Waals surface area contributed by atoms with E-state index < -0.39 is 0 Å². The van der Waals surface area contributed by atoms with Gasteiger partial charge in [-0.1, -0.05) is 12.1 Å². The van der Waals surface area contributed by atoms with Crippen molar-refractivity contribution >= 4 is 5.69 Å². The molecule has 1 aromatic heterocycles. The molecule has 0 saturated heterocycles. The highest BCUT2D eigenvalue weighted by atomic mass is 16.1. The maximum atomic E-state index is 11.3. The van der Waals surface area contributed by atoms with E-state index in [4.69, 9.17) is 5.26 Å². The first-order chi connectivity index (χ1) is 9.10. The molecule has 0 bridgehead atoms. The van der Waals surface area contributed by atoms with Crippen LogP contribution in [0.3, 0.4) is 0 Å². The molecule has 4 nitrogen and oxygen atoms in total. The summed E-state index contributed by atoms with van der Waals surface area (Å²) < 4.78 is 1.53. The topological polar surface area (TPSA) is 57.8 Å². The predicted molar refractivity (Wildman–Crippen MR) is 74.9 cm³/mol. The highest BCUT2D eigenvalue weighted by Crippen LogP contribution is 2.19. The number of hydrogen-bond acceptors (Lipinski definition) is 3. The van der Waals surface area contributed by atoms with Gasteiger partial charge >= 0.3 is 0 Å². The van der Waals surface area contributed by atoms with E-state index in [-0.39, 0.29) is 11.6 Å². The van der Waals surface area contributed by atoms with Gasteiger partial charge in [-0.2, -0.15) is 5.26 Å². The summed E-state index contributed by atoms with van der Waals surface area (Å²) in [7, 11) is 1.72. The summed E-state index contributed by atoms with van der Waals surface area (Å²) in [6.45, 7) is 2.02. The smallest absolute Gasteiger partial charge is 0.250 e. The molecule has 0 saturated carbocycles. The zero-order valence-corrected chi connectivity index (χ0v) is 10.9. The Kier molecular flexibility index (Phi) is 3.67. The summed E-state index contributed by atoms with van der Waals surface area (Å²) in [6, 6.07) is 13.0. The van der Waals surface area contributed by atoms with Crippen molar-refractivity contribution in [1.29, 1.82) is 5.26 Å². The first-order valence-corrected chi connectivity index (χ1v) is 6.03. The van der Waals surface area contributed by atoms with Crippen molar-refractivity contribution in [2.24, 2.45) is 7.05 Å². The summed E-state index contributed by atoms with van der Waals surface area (Å²) in [6.07, 6.45) is 1.76. The number of aromatic nitrogens is 1. The molecule has 0 spiro atoms. The third kappa shape index (κ3) is 3.02. The molecular weight excluding hydrogens is 238 g/mol. The van der Waals surface area contributed by atoms with Gasteiger partial charge in [-0.05, 0) is 30.7 Å². The zero-order chi connectivity index (χ0) is 13.8. The van der Waals surface area contributed by atoms with Crippen molar-refractivity contribution in [1.82, 2.24) is 4.57 Å². The SMILES string of the molecule is CC(Nc1ccc(=O)n(C)c1)c1cccc(C#N)c1. The number of rotatable bonds is 3. The van der Waals surface area contributed by atoms with E-state index >= 15 is 0 Å². The van der Waals surface area contributed by atoms with Gasteiger partial charge in [0.05, 0.1) is 17.3 Å². The van der Waals surface area contributed by atoms with Crippen LogP contribution in [0.15, 0.2) is 47.4 Å². The van der Waals surface area contributed by atoms with Crippen molar-refractivity contribution in [2.45, 2.75) is 13.0 Å². The summed E-state index contributed by atoms with van der Waals surface area (Å²) in [5, 5.41) is 12.2. The number of pyridine rings is 1. The fourth-order valence-electron chi connectivity index (χ4n) is 1.89. The third-order valence-electron chi connectivity index (χ3n) is 2.98. The molecule has 1 atom stereocenters. The van der Waals surface area contributed by atoms with Crippen LogP contribution in [0.5, 0.6) is 0 Å². The molecule has 0 radical (unpaired) electrons. The van der Waals surface area contributed by atoms with Gasteiger partial charge in [0.15, 0.2) is 0 Å². The van der Waals surface area contributed by atoms with Crippen LogP contribution in [0, 0.1) is 11.3 Å². The number of aryl methyl sites for hydroxylation is 1. The minimum absolute atomic E-state index is 0.0373. The molecular formula is C15H15N3O. The fourth-order valence-corrected chi connectivity index (χ4v) is 1.89. The molecule has 0 aliphatic rings. The van der Waals surface area contributed by atoms with Crippen molar-refractivity contribution < 1.29 is 0 Å². The molecule has 2 rings (SSSR count). The van der Waals surface area contributed by atoms with E-state index in [9.17, 15) is 4.79 Å². The molecule has 0 amide bonds. The number of nitrogens with zero attached hydrogens (tertiary/aromatic N) is 2. The normalized spacial score (nSPS) is 11.6. The molecule has 1 unspecified atom stereocenters. The van der Waals surface area contributed by atoms with Gasteiger partial charge in [0.1, 0.15) is 0 Å². The van der Waals surface area contributed by atoms with Gasteiger partial charge in [0, 0.05) is 25.4 Å². The molecule has 19 heavy (non-hydrogen) atoms. The van der Waals surface area contributed by atoms with Crippen molar-refractivity contribution in [3.63, 3.8) is 0 Å². The Hall–Kier alpha value is -2.54. The van der Waals surface area contributed by atoms with Gasteiger partial charge in [-0.15, -0.1) is 0 Å². The second kappa shape index (κ2) is 5.40. The molecule has 96 valence electrons. The summed E-state index contributed by atoms with van der Waals surface area (Å²) in [5.41, 5.74) is 2.51. The lowest BCUT2D eigenvalue weighted by Gasteiger charge is -2.16. The second-order valence-corrected chi connectivity index (χ2v) is 4.47. The van der Waals surface area contributed by atoms with Gasteiger partial charge in [-0.25, -0.2) is 0 Å². The van der Waals surface area contributed by atoms with E-state index in [0.717, 1.165) is 11.3 Å². The second-order valence-electron chi connectivity index (χ2n) is 4.47. The van der Waals surface area contributed by atoms with Crippen LogP contribution in [-0.2, 0) is 7.05 Å². The van der Waals surface area contributed by atoms with E-state index in [1.807, 2.05) is 25.1 Å². The Morgan fingerprint density at radius 2 is 2.11 bits per heavy atom. The van der Waals surface area contributed by atoms with E-state index in [2.05, 4.69) is 11.4 Å². The summed E-state index contributed by atoms with van der Waals surface area (Å²) in [5.74, 6) is 0. The molecule has 1 N–H and O–H groups in total. The highest BCUT2D eigenvalue weighted by Gasteiger charge is 2.06. The molecule has 0 aliphatic carbocycles. The molecule has 1 heterocycles. The highest BCUT2D eigenvalue weighted by molar-refractivity contribution is 5.44. The average Bonchev–Trinajstić information content (AvgIpc) is 2.43. The monoisotopic (exact) mass is 253 g/mol. The van der Waals surface area contributed by atoms with E-state index in [1.54, 1.807) is 25.4 Å². The standard InChI is InChI=1S/C15H15N3O/c1-11(13-5-3-4-12(8-13)9-16)17-14-6-7-15(19)18(2)10-14/h3-8,10-11,17H,1-2H3. The Morgan fingerprint density at radius 3 is 2.79 bits per heavy atom. The Morgan fingerprint density at radius 1 is 1.32 bits per heavy atom. The number of hydrogen-bond donors (Lipinski definition) is 1. The van der Waals surface area contributed by atoms with Crippen LogP contribution in [0.1, 0.15) is 24.1 Å². The maximum Gasteiger partial charge on any atom is 0.250 e. The zero-order valence-electron chi connectivity index (χ0n) is 10.9. The number of benzene rings is 1. The molecule has 2 aromatic rings. The molecule has 0 fully saturated rings. The Bertz CT molecular complexity index is 682. The van der Waals surface area contributed by atoms with Crippen LogP contribution in [0.25, 0.3) is 0 Å². The Labute approximate surface area is 111 Å². The van der Waals surface area contributed by atoms with Crippen LogP contribution in [-0.4, -0.2) is 4.57 Å². The van der Waals surface area contributed by atoms with Gasteiger partial charge in [0.25, 0.3) is 0 Å². The lowest BCUT2D eigenvalue weighted by atomic mass is 10.1.